The molecule has 2 aromatic carbocycles. The number of nitro groups is 1. The van der Waals surface area contributed by atoms with Crippen molar-refractivity contribution in [1.29, 1.82) is 0 Å². The fourth-order valence-electron chi connectivity index (χ4n) is 2.30. The van der Waals surface area contributed by atoms with E-state index >= 15 is 0 Å². The lowest BCUT2D eigenvalue weighted by atomic mass is 10.2. The van der Waals surface area contributed by atoms with Crippen LogP contribution in [-0.4, -0.2) is 29.1 Å². The molecule has 0 aliphatic carbocycles. The summed E-state index contributed by atoms with van der Waals surface area (Å²) < 4.78 is 5.62. The number of non-ortho nitro benzene ring substituents is 1. The molecule has 1 heterocycles. The zero-order chi connectivity index (χ0) is 16.1. The van der Waals surface area contributed by atoms with E-state index in [4.69, 9.17) is 4.74 Å². The lowest BCUT2D eigenvalue weighted by Crippen LogP contribution is -2.25. The highest BCUT2D eigenvalue weighted by Crippen LogP contribution is 2.19. The summed E-state index contributed by atoms with van der Waals surface area (Å²) >= 11 is 0. The molecule has 1 atom stereocenters. The molecule has 2 aromatic rings. The van der Waals surface area contributed by atoms with Gasteiger partial charge in [-0.05, 0) is 17.7 Å². The molecule has 0 bridgehead atoms. The standard InChI is InChI=1S/C16H16N4O3/c21-20(22)15-6-8-16(9-7-15)23-12-14-11-19(18-17-14)10-13-4-2-1-3-5-13/h1-9,14H,10-12H2. The third-order valence-electron chi connectivity index (χ3n) is 3.46. The number of nitro benzene ring substituents is 1. The first kappa shape index (κ1) is 15.0. The number of nitrogens with zero attached hydrogens (tertiary/aromatic N) is 4. The van der Waals surface area contributed by atoms with Gasteiger partial charge in [-0.25, -0.2) is 0 Å². The largest absolute Gasteiger partial charge is 0.491 e. The van der Waals surface area contributed by atoms with Crippen molar-refractivity contribution in [2.45, 2.75) is 12.6 Å². The maximum absolute atomic E-state index is 10.6. The molecule has 0 saturated carbocycles. The quantitative estimate of drug-likeness (QED) is 0.606. The fourth-order valence-corrected chi connectivity index (χ4v) is 2.30. The van der Waals surface area contributed by atoms with Crippen molar-refractivity contribution in [2.75, 3.05) is 13.2 Å². The molecule has 23 heavy (non-hydrogen) atoms. The summed E-state index contributed by atoms with van der Waals surface area (Å²) in [6.45, 7) is 1.81. The third-order valence-corrected chi connectivity index (χ3v) is 3.46. The normalized spacial score (nSPS) is 16.5. The topological polar surface area (TPSA) is 80.3 Å². The monoisotopic (exact) mass is 312 g/mol. The Morgan fingerprint density at radius 2 is 1.91 bits per heavy atom. The van der Waals surface area contributed by atoms with E-state index in [1.807, 2.05) is 23.2 Å². The number of hydrogen-bond donors (Lipinski definition) is 0. The highest BCUT2D eigenvalue weighted by Gasteiger charge is 2.20. The molecule has 1 aliphatic heterocycles. The second-order valence-corrected chi connectivity index (χ2v) is 5.25. The van der Waals surface area contributed by atoms with Gasteiger partial charge >= 0.3 is 0 Å². The zero-order valence-corrected chi connectivity index (χ0v) is 12.4. The fraction of sp³-hybridized carbons (Fsp3) is 0.250. The van der Waals surface area contributed by atoms with Crippen LogP contribution in [-0.2, 0) is 6.54 Å². The number of hydrogen-bond acceptors (Lipinski definition) is 6. The number of rotatable bonds is 6. The molecular weight excluding hydrogens is 296 g/mol. The van der Waals surface area contributed by atoms with Crippen LogP contribution in [0.25, 0.3) is 0 Å². The zero-order valence-electron chi connectivity index (χ0n) is 12.4. The molecule has 0 fully saturated rings. The van der Waals surface area contributed by atoms with Crippen LogP contribution in [0, 0.1) is 10.1 Å². The first-order chi connectivity index (χ1) is 11.2. The Hall–Kier alpha value is -2.96. The van der Waals surface area contributed by atoms with E-state index in [1.165, 1.54) is 17.7 Å². The smallest absolute Gasteiger partial charge is 0.269 e. The minimum Gasteiger partial charge on any atom is -0.491 e. The van der Waals surface area contributed by atoms with Gasteiger partial charge in [0, 0.05) is 12.1 Å². The van der Waals surface area contributed by atoms with Crippen molar-refractivity contribution in [3.05, 3.63) is 70.3 Å². The molecule has 7 nitrogen and oxygen atoms in total. The number of ether oxygens (including phenoxy) is 1. The summed E-state index contributed by atoms with van der Waals surface area (Å²) in [7, 11) is 0. The molecule has 1 unspecified atom stereocenters. The Balaban J connectivity index is 1.47. The molecule has 0 radical (unpaired) electrons. The summed E-state index contributed by atoms with van der Waals surface area (Å²) in [6.07, 6.45) is 0. The second-order valence-electron chi connectivity index (χ2n) is 5.25. The Morgan fingerprint density at radius 3 is 2.61 bits per heavy atom. The van der Waals surface area contributed by atoms with Gasteiger partial charge in [-0.1, -0.05) is 35.6 Å². The molecule has 7 heteroatoms. The maximum Gasteiger partial charge on any atom is 0.269 e. The minimum absolute atomic E-state index is 0.0334. The van der Waals surface area contributed by atoms with Gasteiger partial charge in [0.05, 0.1) is 18.0 Å². The molecule has 3 rings (SSSR count). The van der Waals surface area contributed by atoms with Crippen molar-refractivity contribution in [3.8, 4) is 5.75 Å². The van der Waals surface area contributed by atoms with Crippen LogP contribution in [0.1, 0.15) is 5.56 Å². The molecule has 1 aliphatic rings. The van der Waals surface area contributed by atoms with Gasteiger partial charge in [-0.2, -0.15) is 5.11 Å². The molecule has 0 spiro atoms. The first-order valence-electron chi connectivity index (χ1n) is 7.27. The average Bonchev–Trinajstić information content (AvgIpc) is 3.02. The predicted octanol–water partition coefficient (Wildman–Crippen LogP) is 3.23. The van der Waals surface area contributed by atoms with E-state index in [-0.39, 0.29) is 11.7 Å². The molecule has 0 saturated heterocycles. The summed E-state index contributed by atoms with van der Waals surface area (Å²) in [6, 6.07) is 16.1. The van der Waals surface area contributed by atoms with Crippen molar-refractivity contribution in [3.63, 3.8) is 0 Å². The summed E-state index contributed by atoms with van der Waals surface area (Å²) in [5.74, 6) is 0.590. The SMILES string of the molecule is O=[N+]([O-])c1ccc(OCC2CN(Cc3ccccc3)N=N2)cc1. The number of benzene rings is 2. The molecule has 0 amide bonds. The lowest BCUT2D eigenvalue weighted by Gasteiger charge is -2.14. The van der Waals surface area contributed by atoms with Gasteiger partial charge in [0.15, 0.2) is 0 Å². The summed E-state index contributed by atoms with van der Waals surface area (Å²) in [5.41, 5.74) is 1.23. The Kier molecular flexibility index (Phi) is 4.46. The predicted molar refractivity (Wildman–Crippen MR) is 84.1 cm³/mol. The molecule has 118 valence electrons. The molecule has 0 N–H and O–H groups in total. The van der Waals surface area contributed by atoms with Gasteiger partial charge in [0.1, 0.15) is 18.4 Å². The van der Waals surface area contributed by atoms with Crippen LogP contribution in [0.4, 0.5) is 5.69 Å². The highest BCUT2D eigenvalue weighted by atomic mass is 16.6. The van der Waals surface area contributed by atoms with Crippen LogP contribution in [0.15, 0.2) is 64.9 Å². The van der Waals surface area contributed by atoms with E-state index in [0.29, 0.717) is 18.9 Å². The first-order valence-corrected chi connectivity index (χ1v) is 7.27. The van der Waals surface area contributed by atoms with E-state index in [0.717, 1.165) is 6.54 Å². The Labute approximate surface area is 133 Å². The third kappa shape index (κ3) is 4.03. The average molecular weight is 312 g/mol. The van der Waals surface area contributed by atoms with Crippen molar-refractivity contribution in [1.82, 2.24) is 5.01 Å². The van der Waals surface area contributed by atoms with E-state index in [9.17, 15) is 10.1 Å². The van der Waals surface area contributed by atoms with Gasteiger partial charge in [0.2, 0.25) is 0 Å². The Morgan fingerprint density at radius 1 is 1.17 bits per heavy atom. The van der Waals surface area contributed by atoms with Crippen LogP contribution in [0.5, 0.6) is 5.75 Å². The van der Waals surface area contributed by atoms with Gasteiger partial charge in [-0.15, -0.1) is 0 Å². The second kappa shape index (κ2) is 6.87. The summed E-state index contributed by atoms with van der Waals surface area (Å²) in [5, 5.41) is 20.8. The van der Waals surface area contributed by atoms with Crippen molar-refractivity contribution in [2.24, 2.45) is 10.3 Å². The minimum atomic E-state index is -0.434. The molecule has 0 aromatic heterocycles. The lowest BCUT2D eigenvalue weighted by molar-refractivity contribution is -0.384. The van der Waals surface area contributed by atoms with E-state index < -0.39 is 4.92 Å². The van der Waals surface area contributed by atoms with Gasteiger partial charge in [0.25, 0.3) is 5.69 Å². The summed E-state index contributed by atoms with van der Waals surface area (Å²) in [4.78, 5) is 10.2. The van der Waals surface area contributed by atoms with E-state index in [1.54, 1.807) is 12.1 Å². The van der Waals surface area contributed by atoms with Crippen LogP contribution in [0.2, 0.25) is 0 Å². The van der Waals surface area contributed by atoms with Crippen LogP contribution < -0.4 is 4.74 Å². The van der Waals surface area contributed by atoms with Crippen LogP contribution >= 0.6 is 0 Å². The highest BCUT2D eigenvalue weighted by molar-refractivity contribution is 5.35. The van der Waals surface area contributed by atoms with Crippen molar-refractivity contribution < 1.29 is 9.66 Å². The van der Waals surface area contributed by atoms with Crippen molar-refractivity contribution >= 4 is 5.69 Å². The van der Waals surface area contributed by atoms with Gasteiger partial charge in [-0.3, -0.25) is 15.1 Å². The van der Waals surface area contributed by atoms with E-state index in [2.05, 4.69) is 22.5 Å². The maximum atomic E-state index is 10.6. The molecular formula is C16H16N4O3. The van der Waals surface area contributed by atoms with Crippen LogP contribution in [0.3, 0.4) is 0 Å². The Bertz CT molecular complexity index is 688. The van der Waals surface area contributed by atoms with Gasteiger partial charge < -0.3 is 4.74 Å².